The summed E-state index contributed by atoms with van der Waals surface area (Å²) >= 11 is 0. The number of piperidine rings is 1. The number of alkyl halides is 3. The van der Waals surface area contributed by atoms with Crippen LogP contribution in [0.3, 0.4) is 0 Å². The Kier molecular flexibility index (Phi) is 5.71. The number of nitrogens with zero attached hydrogens (tertiary/aromatic N) is 2. The number of likely N-dealkylation sites (tertiary alicyclic amines) is 2. The summed E-state index contributed by atoms with van der Waals surface area (Å²) in [5.74, 6) is -1.59. The Morgan fingerprint density at radius 1 is 1.26 bits per heavy atom. The van der Waals surface area contributed by atoms with Crippen LogP contribution >= 0.6 is 0 Å². The summed E-state index contributed by atoms with van der Waals surface area (Å²) < 4.78 is 63.0. The minimum atomic E-state index is -4.62. The summed E-state index contributed by atoms with van der Waals surface area (Å²) in [5, 5.41) is 2.85. The number of halogens is 4. The van der Waals surface area contributed by atoms with Crippen LogP contribution in [0.2, 0.25) is 0 Å². The van der Waals surface area contributed by atoms with E-state index in [2.05, 4.69) is 5.32 Å². The Morgan fingerprint density at radius 2 is 2.00 bits per heavy atom. The van der Waals surface area contributed by atoms with Gasteiger partial charge in [-0.3, -0.25) is 4.79 Å². The van der Waals surface area contributed by atoms with Crippen LogP contribution in [0, 0.1) is 11.7 Å². The van der Waals surface area contributed by atoms with Gasteiger partial charge in [-0.15, -0.1) is 0 Å². The van der Waals surface area contributed by atoms with E-state index in [1.54, 1.807) is 16.7 Å². The molecule has 3 atom stereocenters. The number of amides is 3. The maximum Gasteiger partial charge on any atom is 0.416 e. The first-order valence-corrected chi connectivity index (χ1v) is 10.1. The fourth-order valence-electron chi connectivity index (χ4n) is 4.11. The molecular weight excluding hydrogens is 422 g/mol. The predicted octanol–water partition coefficient (Wildman–Crippen LogP) is 2.25. The third-order valence-corrected chi connectivity index (χ3v) is 6.01. The molecule has 3 saturated heterocycles. The molecule has 0 bridgehead atoms. The number of fused-ring (bicyclic) bond motifs is 1. The van der Waals surface area contributed by atoms with Crippen molar-refractivity contribution in [2.24, 2.45) is 5.92 Å². The maximum absolute atomic E-state index is 14.0. The van der Waals surface area contributed by atoms with Crippen LogP contribution in [0.25, 0.3) is 0 Å². The van der Waals surface area contributed by atoms with Crippen LogP contribution < -0.4 is 10.1 Å². The molecule has 0 aromatic heterocycles. The number of benzene rings is 1. The molecule has 1 N–H and O–H groups in total. The van der Waals surface area contributed by atoms with E-state index in [1.807, 2.05) is 0 Å². The molecule has 4 rings (SSSR count). The largest absolute Gasteiger partial charge is 0.487 e. The van der Waals surface area contributed by atoms with Crippen molar-refractivity contribution in [2.45, 2.75) is 37.8 Å². The molecule has 3 aliphatic heterocycles. The van der Waals surface area contributed by atoms with E-state index < -0.39 is 23.7 Å². The lowest BCUT2D eigenvalue weighted by Gasteiger charge is -2.47. The number of carbonyl (C=O) groups excluding carboxylic acids is 2. The van der Waals surface area contributed by atoms with Crippen molar-refractivity contribution in [3.63, 3.8) is 0 Å². The lowest BCUT2D eigenvalue weighted by molar-refractivity contribution is -0.140. The van der Waals surface area contributed by atoms with Gasteiger partial charge in [-0.2, -0.15) is 13.2 Å². The topological polar surface area (TPSA) is 71.1 Å². The number of nitrogens with one attached hydrogen (secondary N) is 1. The van der Waals surface area contributed by atoms with Gasteiger partial charge in [0.1, 0.15) is 12.7 Å². The number of urea groups is 1. The van der Waals surface area contributed by atoms with Crippen molar-refractivity contribution in [3.8, 4) is 5.75 Å². The van der Waals surface area contributed by atoms with E-state index in [-0.39, 0.29) is 42.4 Å². The normalized spacial score (nSPS) is 25.4. The third-order valence-electron chi connectivity index (χ3n) is 6.01. The minimum Gasteiger partial charge on any atom is -0.487 e. The van der Waals surface area contributed by atoms with Crippen LogP contribution in [0.1, 0.15) is 18.9 Å². The highest BCUT2D eigenvalue weighted by atomic mass is 19.4. The van der Waals surface area contributed by atoms with Gasteiger partial charge < -0.3 is 24.6 Å². The quantitative estimate of drug-likeness (QED) is 0.725. The molecule has 0 radical (unpaired) electrons. The summed E-state index contributed by atoms with van der Waals surface area (Å²) in [6.45, 7) is 3.44. The number of hydrogen-bond donors (Lipinski definition) is 1. The van der Waals surface area contributed by atoms with Crippen LogP contribution in [-0.2, 0) is 15.7 Å². The molecule has 1 aromatic carbocycles. The smallest absolute Gasteiger partial charge is 0.416 e. The van der Waals surface area contributed by atoms with E-state index in [0.29, 0.717) is 38.7 Å². The van der Waals surface area contributed by atoms with Crippen LogP contribution in [0.15, 0.2) is 18.2 Å². The van der Waals surface area contributed by atoms with E-state index in [1.165, 1.54) is 0 Å². The second-order valence-electron chi connectivity index (χ2n) is 8.17. The Bertz CT molecular complexity index is 859. The van der Waals surface area contributed by atoms with Crippen molar-refractivity contribution >= 4 is 11.9 Å². The average Bonchev–Trinajstić information content (AvgIpc) is 2.66. The van der Waals surface area contributed by atoms with Gasteiger partial charge in [0.2, 0.25) is 5.91 Å². The van der Waals surface area contributed by atoms with Crippen molar-refractivity contribution in [3.05, 3.63) is 29.6 Å². The Morgan fingerprint density at radius 3 is 2.68 bits per heavy atom. The molecule has 3 aliphatic rings. The zero-order valence-corrected chi connectivity index (χ0v) is 16.8. The van der Waals surface area contributed by atoms with E-state index >= 15 is 0 Å². The first-order valence-electron chi connectivity index (χ1n) is 10.1. The molecule has 7 nitrogen and oxygen atoms in total. The Hall–Kier alpha value is -2.56. The maximum atomic E-state index is 14.0. The zero-order valence-electron chi connectivity index (χ0n) is 16.8. The Balaban J connectivity index is 1.28. The summed E-state index contributed by atoms with van der Waals surface area (Å²) in [7, 11) is 0. The number of morpholine rings is 1. The number of ether oxygens (including phenoxy) is 2. The van der Waals surface area contributed by atoms with Crippen molar-refractivity contribution < 1.29 is 36.6 Å². The van der Waals surface area contributed by atoms with E-state index in [0.717, 1.165) is 12.1 Å². The molecule has 31 heavy (non-hydrogen) atoms. The monoisotopic (exact) mass is 445 g/mol. The highest BCUT2D eigenvalue weighted by molar-refractivity contribution is 5.79. The first kappa shape index (κ1) is 21.7. The lowest BCUT2D eigenvalue weighted by atomic mass is 9.94. The first-order chi connectivity index (χ1) is 14.6. The molecule has 3 amide bonds. The van der Waals surface area contributed by atoms with E-state index in [4.69, 9.17) is 9.47 Å². The van der Waals surface area contributed by atoms with Crippen LogP contribution in [0.5, 0.6) is 5.75 Å². The van der Waals surface area contributed by atoms with Gasteiger partial charge in [0.25, 0.3) is 0 Å². The number of hydrogen-bond acceptors (Lipinski definition) is 4. The van der Waals surface area contributed by atoms with Crippen molar-refractivity contribution in [1.29, 1.82) is 0 Å². The lowest BCUT2D eigenvalue weighted by Crippen LogP contribution is -2.64. The standard InChI is InChI=1S/C20H23F4N3O4/c1-11(31-16-3-2-13(6-14(16)21)20(22,23)24)12-7-27(8-12)19(29)26-5-4-17-15(9-26)25-18(28)10-30-17/h2-3,6,11-12,15,17H,4-5,7-10H2,1H3,(H,25,28)/t11?,15-,17+/m1/s1. The van der Waals surface area contributed by atoms with Crippen molar-refractivity contribution in [2.75, 3.05) is 32.8 Å². The van der Waals surface area contributed by atoms with Gasteiger partial charge in [-0.05, 0) is 31.5 Å². The molecule has 0 spiro atoms. The second kappa shape index (κ2) is 8.18. The van der Waals surface area contributed by atoms with Crippen LogP contribution in [-0.4, -0.2) is 72.8 Å². The second-order valence-corrected chi connectivity index (χ2v) is 8.17. The van der Waals surface area contributed by atoms with Gasteiger partial charge >= 0.3 is 12.2 Å². The predicted molar refractivity (Wildman–Crippen MR) is 99.8 cm³/mol. The molecule has 170 valence electrons. The van der Waals surface area contributed by atoms with Gasteiger partial charge in [-0.25, -0.2) is 9.18 Å². The number of carbonyl (C=O) groups is 2. The highest BCUT2D eigenvalue weighted by Gasteiger charge is 2.41. The van der Waals surface area contributed by atoms with Crippen LogP contribution in [0.4, 0.5) is 22.4 Å². The molecule has 1 aromatic rings. The van der Waals surface area contributed by atoms with Gasteiger partial charge in [0.15, 0.2) is 11.6 Å². The fraction of sp³-hybridized carbons (Fsp3) is 0.600. The summed E-state index contributed by atoms with van der Waals surface area (Å²) in [5.41, 5.74) is -1.08. The molecular formula is C20H23F4N3O4. The average molecular weight is 445 g/mol. The number of rotatable bonds is 3. The Labute approximate surface area is 176 Å². The highest BCUT2D eigenvalue weighted by Crippen LogP contribution is 2.33. The molecule has 1 unspecified atom stereocenters. The van der Waals surface area contributed by atoms with Gasteiger partial charge in [-0.1, -0.05) is 0 Å². The summed E-state index contributed by atoms with van der Waals surface area (Å²) in [6, 6.07) is 1.79. The summed E-state index contributed by atoms with van der Waals surface area (Å²) in [6.07, 6.45) is -4.55. The molecule has 11 heteroatoms. The van der Waals surface area contributed by atoms with Gasteiger partial charge in [0.05, 0.1) is 17.7 Å². The fourth-order valence-corrected chi connectivity index (χ4v) is 4.11. The molecule has 3 fully saturated rings. The summed E-state index contributed by atoms with van der Waals surface area (Å²) in [4.78, 5) is 27.6. The molecule has 0 saturated carbocycles. The SMILES string of the molecule is CC(Oc1ccc(C(F)(F)F)cc1F)C1CN(C(=O)N2CC[C@@H]3OCC(=O)N[C@@H]3C2)C1. The van der Waals surface area contributed by atoms with Crippen molar-refractivity contribution in [1.82, 2.24) is 15.1 Å². The molecule has 3 heterocycles. The zero-order chi connectivity index (χ0) is 22.3. The van der Waals surface area contributed by atoms with Gasteiger partial charge in [0, 0.05) is 32.1 Å². The molecule has 0 aliphatic carbocycles. The van der Waals surface area contributed by atoms with E-state index in [9.17, 15) is 27.2 Å². The third kappa shape index (κ3) is 4.56. The minimum absolute atomic E-state index is 0.0420.